The predicted molar refractivity (Wildman–Crippen MR) is 79.6 cm³/mol. The number of rotatable bonds is 4. The number of aliphatic imine (C=N–C) groups is 1. The molecule has 1 aromatic rings. The molecule has 0 amide bonds. The molecule has 1 saturated heterocycles. The van der Waals surface area contributed by atoms with Crippen molar-refractivity contribution in [1.82, 2.24) is 20.0 Å². The first-order valence-corrected chi connectivity index (χ1v) is 7.27. The van der Waals surface area contributed by atoms with E-state index in [-0.39, 0.29) is 0 Å². The van der Waals surface area contributed by atoms with Gasteiger partial charge in [-0.25, -0.2) is 0 Å². The van der Waals surface area contributed by atoms with E-state index in [4.69, 9.17) is 4.74 Å². The highest BCUT2D eigenvalue weighted by atomic mass is 16.5. The van der Waals surface area contributed by atoms with Gasteiger partial charge in [0.05, 0.1) is 12.3 Å². The molecule has 0 saturated carbocycles. The molecule has 1 aliphatic rings. The third kappa shape index (κ3) is 3.96. The van der Waals surface area contributed by atoms with Crippen molar-refractivity contribution in [3.8, 4) is 0 Å². The zero-order valence-corrected chi connectivity index (χ0v) is 12.7. The van der Waals surface area contributed by atoms with E-state index in [2.05, 4.69) is 27.2 Å². The summed E-state index contributed by atoms with van der Waals surface area (Å²) in [6, 6.07) is 0. The molecule has 1 N–H and O–H groups in total. The predicted octanol–water partition coefficient (Wildman–Crippen LogP) is 0.996. The van der Waals surface area contributed by atoms with E-state index >= 15 is 0 Å². The van der Waals surface area contributed by atoms with Gasteiger partial charge in [-0.15, -0.1) is 0 Å². The van der Waals surface area contributed by atoms with Crippen LogP contribution < -0.4 is 5.32 Å². The first kappa shape index (κ1) is 14.8. The number of hydrogen-bond acceptors (Lipinski definition) is 3. The summed E-state index contributed by atoms with van der Waals surface area (Å²) in [5, 5.41) is 7.57. The van der Waals surface area contributed by atoms with Gasteiger partial charge in [0.2, 0.25) is 0 Å². The Balaban J connectivity index is 1.81. The number of piperidine rings is 1. The van der Waals surface area contributed by atoms with Crippen LogP contribution in [-0.4, -0.2) is 53.5 Å². The highest BCUT2D eigenvalue weighted by Crippen LogP contribution is 2.13. The summed E-state index contributed by atoms with van der Waals surface area (Å²) in [6.45, 7) is 5.61. The Morgan fingerprint density at radius 3 is 2.80 bits per heavy atom. The molecule has 1 fully saturated rings. The molecule has 1 aromatic heterocycles. The Morgan fingerprint density at radius 1 is 1.50 bits per heavy atom. The monoisotopic (exact) mass is 279 g/mol. The molecular formula is C14H25N5O. The van der Waals surface area contributed by atoms with Crippen LogP contribution in [-0.2, 0) is 18.3 Å². The van der Waals surface area contributed by atoms with Crippen molar-refractivity contribution in [2.24, 2.45) is 12.0 Å². The summed E-state index contributed by atoms with van der Waals surface area (Å²) in [5.41, 5.74) is 1.16. The smallest absolute Gasteiger partial charge is 0.193 e. The van der Waals surface area contributed by atoms with E-state index in [0.29, 0.717) is 6.10 Å². The SMILES string of the molecule is CCOC1CCN(C(=NC)NCc2cnn(C)c2)CC1. The lowest BCUT2D eigenvalue weighted by molar-refractivity contribution is 0.0263. The minimum absolute atomic E-state index is 0.410. The molecule has 20 heavy (non-hydrogen) atoms. The lowest BCUT2D eigenvalue weighted by Gasteiger charge is -2.34. The van der Waals surface area contributed by atoms with E-state index in [1.54, 1.807) is 0 Å². The number of nitrogens with one attached hydrogen (secondary N) is 1. The molecule has 112 valence electrons. The van der Waals surface area contributed by atoms with Gasteiger partial charge in [-0.3, -0.25) is 9.67 Å². The van der Waals surface area contributed by atoms with Crippen LogP contribution >= 0.6 is 0 Å². The lowest BCUT2D eigenvalue weighted by atomic mass is 10.1. The minimum atomic E-state index is 0.410. The molecule has 0 radical (unpaired) electrons. The highest BCUT2D eigenvalue weighted by Gasteiger charge is 2.21. The molecule has 0 bridgehead atoms. The fourth-order valence-corrected chi connectivity index (χ4v) is 2.55. The van der Waals surface area contributed by atoms with Crippen molar-refractivity contribution in [3.05, 3.63) is 18.0 Å². The van der Waals surface area contributed by atoms with Crippen molar-refractivity contribution in [2.45, 2.75) is 32.4 Å². The Bertz CT molecular complexity index is 435. The third-order valence-corrected chi connectivity index (χ3v) is 3.56. The Labute approximate surface area is 120 Å². The van der Waals surface area contributed by atoms with E-state index in [1.165, 1.54) is 0 Å². The van der Waals surface area contributed by atoms with Gasteiger partial charge >= 0.3 is 0 Å². The number of ether oxygens (including phenoxy) is 1. The van der Waals surface area contributed by atoms with E-state index < -0.39 is 0 Å². The second kappa shape index (κ2) is 7.28. The van der Waals surface area contributed by atoms with Gasteiger partial charge in [-0.05, 0) is 19.8 Å². The lowest BCUT2D eigenvalue weighted by Crippen LogP contribution is -2.46. The van der Waals surface area contributed by atoms with Crippen LogP contribution in [0.3, 0.4) is 0 Å². The summed E-state index contributed by atoms with van der Waals surface area (Å²) in [6.07, 6.45) is 6.44. The first-order valence-electron chi connectivity index (χ1n) is 7.27. The fraction of sp³-hybridized carbons (Fsp3) is 0.714. The normalized spacial score (nSPS) is 17.6. The molecule has 6 nitrogen and oxygen atoms in total. The third-order valence-electron chi connectivity index (χ3n) is 3.56. The van der Waals surface area contributed by atoms with Crippen molar-refractivity contribution in [1.29, 1.82) is 0 Å². The van der Waals surface area contributed by atoms with Gasteiger partial charge < -0.3 is 15.0 Å². The topological polar surface area (TPSA) is 54.7 Å². The van der Waals surface area contributed by atoms with E-state index in [1.807, 2.05) is 31.2 Å². The molecule has 0 aromatic carbocycles. The van der Waals surface area contributed by atoms with Crippen LogP contribution in [0.25, 0.3) is 0 Å². The van der Waals surface area contributed by atoms with Gasteiger partial charge in [0.15, 0.2) is 5.96 Å². The molecule has 0 spiro atoms. The maximum atomic E-state index is 5.68. The van der Waals surface area contributed by atoms with Crippen molar-refractivity contribution >= 4 is 5.96 Å². The summed E-state index contributed by atoms with van der Waals surface area (Å²) >= 11 is 0. The first-order chi connectivity index (χ1) is 9.72. The number of guanidine groups is 1. The van der Waals surface area contributed by atoms with Crippen LogP contribution in [0.4, 0.5) is 0 Å². The summed E-state index contributed by atoms with van der Waals surface area (Å²) < 4.78 is 7.49. The molecule has 0 aliphatic carbocycles. The number of aryl methyl sites for hydroxylation is 1. The summed E-state index contributed by atoms with van der Waals surface area (Å²) in [4.78, 5) is 6.67. The molecule has 0 atom stereocenters. The minimum Gasteiger partial charge on any atom is -0.378 e. The quantitative estimate of drug-likeness (QED) is 0.660. The van der Waals surface area contributed by atoms with Gasteiger partial charge in [-0.1, -0.05) is 0 Å². The average molecular weight is 279 g/mol. The Kier molecular flexibility index (Phi) is 5.40. The summed E-state index contributed by atoms with van der Waals surface area (Å²) in [5.74, 6) is 0.962. The fourth-order valence-electron chi connectivity index (χ4n) is 2.55. The Morgan fingerprint density at radius 2 is 2.25 bits per heavy atom. The molecule has 2 heterocycles. The Hall–Kier alpha value is -1.56. The van der Waals surface area contributed by atoms with Crippen molar-refractivity contribution in [3.63, 3.8) is 0 Å². The van der Waals surface area contributed by atoms with Crippen LogP contribution in [0.5, 0.6) is 0 Å². The number of hydrogen-bond donors (Lipinski definition) is 1. The van der Waals surface area contributed by atoms with Crippen LogP contribution in [0.2, 0.25) is 0 Å². The van der Waals surface area contributed by atoms with Gasteiger partial charge in [0, 0.05) is 52.1 Å². The van der Waals surface area contributed by atoms with E-state index in [0.717, 1.165) is 50.6 Å². The zero-order chi connectivity index (χ0) is 14.4. The molecule has 1 aliphatic heterocycles. The number of likely N-dealkylation sites (tertiary alicyclic amines) is 1. The van der Waals surface area contributed by atoms with Crippen LogP contribution in [0.15, 0.2) is 17.4 Å². The maximum Gasteiger partial charge on any atom is 0.193 e. The second-order valence-corrected chi connectivity index (χ2v) is 5.06. The highest BCUT2D eigenvalue weighted by molar-refractivity contribution is 5.79. The van der Waals surface area contributed by atoms with Gasteiger partial charge in [0.1, 0.15) is 0 Å². The largest absolute Gasteiger partial charge is 0.378 e. The van der Waals surface area contributed by atoms with Crippen LogP contribution in [0, 0.1) is 0 Å². The summed E-state index contributed by atoms with van der Waals surface area (Å²) in [7, 11) is 3.76. The zero-order valence-electron chi connectivity index (χ0n) is 12.7. The number of aromatic nitrogens is 2. The van der Waals surface area contributed by atoms with Crippen LogP contribution in [0.1, 0.15) is 25.3 Å². The molecule has 0 unspecified atom stereocenters. The maximum absolute atomic E-state index is 5.68. The number of nitrogens with zero attached hydrogens (tertiary/aromatic N) is 4. The van der Waals surface area contributed by atoms with E-state index in [9.17, 15) is 0 Å². The molecule has 6 heteroatoms. The second-order valence-electron chi connectivity index (χ2n) is 5.06. The van der Waals surface area contributed by atoms with Gasteiger partial charge in [0.25, 0.3) is 0 Å². The molecule has 2 rings (SSSR count). The van der Waals surface area contributed by atoms with Crippen molar-refractivity contribution in [2.75, 3.05) is 26.7 Å². The van der Waals surface area contributed by atoms with Gasteiger partial charge in [-0.2, -0.15) is 5.10 Å². The molecular weight excluding hydrogens is 254 g/mol. The standard InChI is InChI=1S/C14H25N5O/c1-4-20-13-5-7-19(8-6-13)14(15-2)16-9-12-10-17-18(3)11-12/h10-11,13H,4-9H2,1-3H3,(H,15,16). The van der Waals surface area contributed by atoms with Crippen molar-refractivity contribution < 1.29 is 4.74 Å². The average Bonchev–Trinajstić information content (AvgIpc) is 2.87.